The van der Waals surface area contributed by atoms with E-state index < -0.39 is 34.2 Å². The number of hydrogen-bond donors (Lipinski definition) is 1. The monoisotopic (exact) mass is 418 g/mol. The van der Waals surface area contributed by atoms with E-state index in [1.54, 1.807) is 30.3 Å². The van der Waals surface area contributed by atoms with Crippen LogP contribution in [0.1, 0.15) is 17.2 Å². The maximum absolute atomic E-state index is 14.0. The van der Waals surface area contributed by atoms with Crippen LogP contribution in [0.4, 0.5) is 15.8 Å². The minimum atomic E-state index is -1.17. The van der Waals surface area contributed by atoms with Crippen LogP contribution < -0.4 is 4.90 Å². The van der Waals surface area contributed by atoms with E-state index in [4.69, 9.17) is 0 Å². The van der Waals surface area contributed by atoms with Crippen molar-refractivity contribution in [2.45, 2.75) is 6.04 Å². The van der Waals surface area contributed by atoms with Gasteiger partial charge in [0, 0.05) is 17.7 Å². The van der Waals surface area contributed by atoms with Crippen molar-refractivity contribution >= 4 is 28.8 Å². The molecule has 154 valence electrons. The van der Waals surface area contributed by atoms with Crippen LogP contribution in [0.25, 0.3) is 5.76 Å². The molecule has 8 heteroatoms. The number of carbonyl (C=O) groups is 2. The van der Waals surface area contributed by atoms with Gasteiger partial charge in [-0.15, -0.1) is 0 Å². The van der Waals surface area contributed by atoms with E-state index in [1.165, 1.54) is 36.4 Å². The quantitative estimate of drug-likeness (QED) is 0.223. The van der Waals surface area contributed by atoms with Crippen molar-refractivity contribution in [3.05, 3.63) is 111 Å². The normalized spacial score (nSPS) is 17.7. The van der Waals surface area contributed by atoms with Crippen LogP contribution in [-0.4, -0.2) is 21.7 Å². The first-order chi connectivity index (χ1) is 14.9. The summed E-state index contributed by atoms with van der Waals surface area (Å²) in [7, 11) is 0. The van der Waals surface area contributed by atoms with Crippen molar-refractivity contribution in [3.8, 4) is 0 Å². The molecule has 0 saturated carbocycles. The highest BCUT2D eigenvalue weighted by Gasteiger charge is 2.47. The third kappa shape index (κ3) is 3.55. The van der Waals surface area contributed by atoms with Gasteiger partial charge in [-0.25, -0.2) is 4.39 Å². The first-order valence-corrected chi connectivity index (χ1v) is 9.25. The molecule has 1 atom stereocenters. The molecule has 0 bridgehead atoms. The van der Waals surface area contributed by atoms with E-state index >= 15 is 0 Å². The third-order valence-corrected chi connectivity index (χ3v) is 4.97. The summed E-state index contributed by atoms with van der Waals surface area (Å²) in [6.07, 6.45) is 0. The smallest absolute Gasteiger partial charge is 0.300 e. The number of benzene rings is 3. The van der Waals surface area contributed by atoms with Gasteiger partial charge < -0.3 is 5.11 Å². The predicted octanol–water partition coefficient (Wildman–Crippen LogP) is 4.36. The topological polar surface area (TPSA) is 101 Å². The van der Waals surface area contributed by atoms with Gasteiger partial charge in [0.1, 0.15) is 11.6 Å². The lowest BCUT2D eigenvalue weighted by atomic mass is 9.95. The van der Waals surface area contributed by atoms with Gasteiger partial charge in [0.05, 0.1) is 22.2 Å². The van der Waals surface area contributed by atoms with Gasteiger partial charge in [-0.1, -0.05) is 48.5 Å². The molecule has 4 rings (SSSR count). The highest BCUT2D eigenvalue weighted by Crippen LogP contribution is 2.42. The Morgan fingerprint density at radius 1 is 0.968 bits per heavy atom. The van der Waals surface area contributed by atoms with Crippen LogP contribution in [0.2, 0.25) is 0 Å². The van der Waals surface area contributed by atoms with Crippen molar-refractivity contribution in [2.75, 3.05) is 4.90 Å². The summed E-state index contributed by atoms with van der Waals surface area (Å²) in [4.78, 5) is 37.5. The molecule has 1 amide bonds. The molecular weight excluding hydrogens is 403 g/mol. The summed E-state index contributed by atoms with van der Waals surface area (Å²) < 4.78 is 14.0. The van der Waals surface area contributed by atoms with Gasteiger partial charge in [-0.3, -0.25) is 24.6 Å². The van der Waals surface area contributed by atoms with Crippen LogP contribution >= 0.6 is 0 Å². The summed E-state index contributed by atoms with van der Waals surface area (Å²) >= 11 is 0. The number of hydrogen-bond acceptors (Lipinski definition) is 5. The molecule has 0 aliphatic carbocycles. The second kappa shape index (κ2) is 7.83. The highest BCUT2D eigenvalue weighted by atomic mass is 19.1. The van der Waals surface area contributed by atoms with E-state index in [2.05, 4.69) is 0 Å². The molecule has 0 aromatic heterocycles. The van der Waals surface area contributed by atoms with E-state index in [-0.39, 0.29) is 22.5 Å². The van der Waals surface area contributed by atoms with E-state index in [0.29, 0.717) is 5.56 Å². The van der Waals surface area contributed by atoms with Crippen molar-refractivity contribution in [2.24, 2.45) is 0 Å². The number of aliphatic hydroxyl groups is 1. The zero-order chi connectivity index (χ0) is 22.1. The predicted molar refractivity (Wildman–Crippen MR) is 111 cm³/mol. The number of nitrogens with zero attached hydrogens (tertiary/aromatic N) is 2. The number of aliphatic hydroxyl groups excluding tert-OH is 1. The Hall–Kier alpha value is -4.33. The van der Waals surface area contributed by atoms with Gasteiger partial charge in [-0.05, 0) is 23.8 Å². The fourth-order valence-corrected chi connectivity index (χ4v) is 3.60. The molecular formula is C23H15FN2O5. The van der Waals surface area contributed by atoms with Crippen molar-refractivity contribution in [1.82, 2.24) is 0 Å². The van der Waals surface area contributed by atoms with Gasteiger partial charge in [0.15, 0.2) is 0 Å². The number of halogens is 1. The average molecular weight is 418 g/mol. The minimum Gasteiger partial charge on any atom is -0.507 e. The standard InChI is InChI=1S/C23H15FN2O5/c24-16-9-4-8-15(12-16)20-19(21(27)14-6-2-1-3-7-14)22(28)23(29)25(20)17-10-5-11-18(13-17)26(30)31/h1-13,20,27H/t20-/m1/s1. The van der Waals surface area contributed by atoms with E-state index in [9.17, 15) is 29.2 Å². The first kappa shape index (κ1) is 20.0. The van der Waals surface area contributed by atoms with Gasteiger partial charge in [0.2, 0.25) is 0 Å². The van der Waals surface area contributed by atoms with Gasteiger partial charge in [-0.2, -0.15) is 0 Å². The fourth-order valence-electron chi connectivity index (χ4n) is 3.60. The molecule has 1 saturated heterocycles. The number of anilines is 1. The first-order valence-electron chi connectivity index (χ1n) is 9.25. The number of nitro benzene ring substituents is 1. The Kier molecular flexibility index (Phi) is 5.04. The van der Waals surface area contributed by atoms with Crippen LogP contribution in [-0.2, 0) is 9.59 Å². The second-order valence-corrected chi connectivity index (χ2v) is 6.87. The zero-order valence-corrected chi connectivity index (χ0v) is 15.9. The largest absolute Gasteiger partial charge is 0.507 e. The molecule has 1 aliphatic rings. The summed E-state index contributed by atoms with van der Waals surface area (Å²) in [5.74, 6) is -2.96. The minimum absolute atomic E-state index is 0.0812. The molecule has 0 unspecified atom stereocenters. The summed E-state index contributed by atoms with van der Waals surface area (Å²) in [6.45, 7) is 0. The molecule has 1 fully saturated rings. The number of carbonyl (C=O) groups excluding carboxylic acids is 2. The third-order valence-electron chi connectivity index (χ3n) is 4.97. The summed E-state index contributed by atoms with van der Waals surface area (Å²) in [6, 6.07) is 17.5. The molecule has 0 spiro atoms. The maximum atomic E-state index is 14.0. The van der Waals surface area contributed by atoms with Crippen molar-refractivity contribution < 1.29 is 24.0 Å². The molecule has 1 N–H and O–H groups in total. The van der Waals surface area contributed by atoms with Crippen LogP contribution in [0.3, 0.4) is 0 Å². The number of ketones is 1. The number of Topliss-reactive ketones (excluding diaryl/α,β-unsaturated/α-hetero) is 1. The lowest BCUT2D eigenvalue weighted by Crippen LogP contribution is -2.29. The maximum Gasteiger partial charge on any atom is 0.300 e. The van der Waals surface area contributed by atoms with Crippen LogP contribution in [0.15, 0.2) is 84.4 Å². The van der Waals surface area contributed by atoms with Crippen LogP contribution in [0, 0.1) is 15.9 Å². The SMILES string of the molecule is O=C1C(=O)N(c2cccc([N+](=O)[O-])c2)[C@H](c2cccc(F)c2)C1=C(O)c1ccccc1. The summed E-state index contributed by atoms with van der Waals surface area (Å²) in [5, 5.41) is 22.1. The average Bonchev–Trinajstić information content (AvgIpc) is 3.04. The zero-order valence-electron chi connectivity index (χ0n) is 15.9. The van der Waals surface area contributed by atoms with Crippen molar-refractivity contribution in [3.63, 3.8) is 0 Å². The molecule has 1 aliphatic heterocycles. The van der Waals surface area contributed by atoms with E-state index in [0.717, 1.165) is 17.0 Å². The number of nitro groups is 1. The Balaban J connectivity index is 1.97. The fraction of sp³-hybridized carbons (Fsp3) is 0.0435. The van der Waals surface area contributed by atoms with Gasteiger partial charge >= 0.3 is 0 Å². The molecule has 1 heterocycles. The number of rotatable bonds is 4. The Morgan fingerprint density at radius 3 is 2.35 bits per heavy atom. The highest BCUT2D eigenvalue weighted by molar-refractivity contribution is 6.51. The van der Waals surface area contributed by atoms with Crippen LogP contribution in [0.5, 0.6) is 0 Å². The lowest BCUT2D eigenvalue weighted by molar-refractivity contribution is -0.384. The molecule has 7 nitrogen and oxygen atoms in total. The Morgan fingerprint density at radius 2 is 1.68 bits per heavy atom. The lowest BCUT2D eigenvalue weighted by Gasteiger charge is -2.25. The Labute approximate surface area is 175 Å². The molecule has 31 heavy (non-hydrogen) atoms. The summed E-state index contributed by atoms with van der Waals surface area (Å²) in [5.41, 5.74) is 0.121. The second-order valence-electron chi connectivity index (χ2n) is 6.87. The van der Waals surface area contributed by atoms with Crippen molar-refractivity contribution in [1.29, 1.82) is 0 Å². The van der Waals surface area contributed by atoms with E-state index in [1.807, 2.05) is 0 Å². The number of amides is 1. The molecule has 0 radical (unpaired) electrons. The molecule has 3 aromatic rings. The number of non-ortho nitro benzene ring substituents is 1. The van der Waals surface area contributed by atoms with Gasteiger partial charge in [0.25, 0.3) is 17.4 Å². The Bertz CT molecular complexity index is 1240. The molecule has 3 aromatic carbocycles.